The number of benzene rings is 3. The summed E-state index contributed by atoms with van der Waals surface area (Å²) in [6.07, 6.45) is -1.94. The van der Waals surface area contributed by atoms with Gasteiger partial charge in [0.15, 0.2) is 0 Å². The molecule has 1 aliphatic rings. The van der Waals surface area contributed by atoms with Crippen molar-refractivity contribution in [2.75, 3.05) is 21.2 Å². The number of carbonyl (C=O) groups excluding carboxylic acids is 3. The molecule has 1 aliphatic heterocycles. The number of amides is 3. The van der Waals surface area contributed by atoms with E-state index in [1.54, 1.807) is 53.4 Å². The van der Waals surface area contributed by atoms with Crippen molar-refractivity contribution in [2.24, 2.45) is 0 Å². The zero-order chi connectivity index (χ0) is 23.5. The van der Waals surface area contributed by atoms with Crippen LogP contribution in [0.2, 0.25) is 0 Å². The lowest BCUT2D eigenvalue weighted by atomic mass is 10.2. The first-order chi connectivity index (χ1) is 15.9. The molecule has 0 aliphatic carbocycles. The molecule has 168 valence electrons. The number of fused-ring (bicyclic) bond motifs is 1. The fourth-order valence-electron chi connectivity index (χ4n) is 4.03. The Morgan fingerprint density at radius 2 is 1.39 bits per heavy atom. The van der Waals surface area contributed by atoms with Gasteiger partial charge in [-0.15, -0.1) is 0 Å². The summed E-state index contributed by atoms with van der Waals surface area (Å²) in [4.78, 5) is 43.9. The van der Waals surface area contributed by atoms with E-state index in [4.69, 9.17) is 0 Å². The molecule has 0 radical (unpaired) electrons. The smallest absolute Gasteiger partial charge is 0.270 e. The van der Waals surface area contributed by atoms with Crippen LogP contribution in [0.15, 0.2) is 84.9 Å². The molecule has 0 saturated carbocycles. The molecule has 0 aromatic heterocycles. The summed E-state index contributed by atoms with van der Waals surface area (Å²) < 4.78 is 0. The Morgan fingerprint density at radius 1 is 0.848 bits per heavy atom. The molecule has 33 heavy (non-hydrogen) atoms. The average molecular weight is 444 g/mol. The van der Waals surface area contributed by atoms with Crippen LogP contribution in [0.5, 0.6) is 0 Å². The first-order valence-electron chi connectivity index (χ1n) is 10.7. The number of nitrogens with zero attached hydrogens (tertiary/aromatic N) is 3. The van der Waals surface area contributed by atoms with Gasteiger partial charge < -0.3 is 10.0 Å². The highest BCUT2D eigenvalue weighted by Crippen LogP contribution is 2.38. The molecule has 0 spiro atoms. The Morgan fingerprint density at radius 3 is 2.00 bits per heavy atom. The fourth-order valence-corrected chi connectivity index (χ4v) is 4.03. The van der Waals surface area contributed by atoms with Gasteiger partial charge in [0.05, 0.1) is 11.4 Å². The van der Waals surface area contributed by atoms with E-state index in [2.05, 4.69) is 0 Å². The minimum Gasteiger partial charge on any atom is -0.375 e. The van der Waals surface area contributed by atoms with Gasteiger partial charge in [0, 0.05) is 17.4 Å². The standard InChI is InChI=1S/C26H25N3O4/c1-18(2)28(19-11-5-3-6-12-19)23(30)17-27-21-15-9-10-16-22(21)29(20-13-7-4-8-14-20)26(33)24(31)25(27)32/h3-16,18,24,31H,17H2,1-2H3. The third-order valence-electron chi connectivity index (χ3n) is 5.49. The molecule has 7 heteroatoms. The number of anilines is 4. The lowest BCUT2D eigenvalue weighted by Crippen LogP contribution is -2.50. The normalized spacial score (nSPS) is 15.9. The van der Waals surface area contributed by atoms with Gasteiger partial charge in [-0.1, -0.05) is 48.5 Å². The maximum absolute atomic E-state index is 13.4. The van der Waals surface area contributed by atoms with Crippen molar-refractivity contribution in [1.29, 1.82) is 0 Å². The molecule has 7 nitrogen and oxygen atoms in total. The summed E-state index contributed by atoms with van der Waals surface area (Å²) in [5, 5.41) is 10.7. The zero-order valence-corrected chi connectivity index (χ0v) is 18.5. The second-order valence-corrected chi connectivity index (χ2v) is 8.02. The SMILES string of the molecule is CC(C)N(C(=O)CN1C(=O)C(O)C(=O)N(c2ccccc2)c2ccccc21)c1ccccc1. The van der Waals surface area contributed by atoms with E-state index in [-0.39, 0.29) is 18.5 Å². The van der Waals surface area contributed by atoms with E-state index in [0.29, 0.717) is 22.7 Å². The van der Waals surface area contributed by atoms with Crippen LogP contribution in [0, 0.1) is 0 Å². The van der Waals surface area contributed by atoms with E-state index in [1.165, 1.54) is 9.80 Å². The van der Waals surface area contributed by atoms with E-state index in [9.17, 15) is 19.5 Å². The van der Waals surface area contributed by atoms with Crippen molar-refractivity contribution in [3.8, 4) is 0 Å². The first-order valence-corrected chi connectivity index (χ1v) is 10.7. The van der Waals surface area contributed by atoms with Gasteiger partial charge in [-0.2, -0.15) is 0 Å². The van der Waals surface area contributed by atoms with Crippen molar-refractivity contribution < 1.29 is 19.5 Å². The highest BCUT2D eigenvalue weighted by Gasteiger charge is 2.41. The summed E-state index contributed by atoms with van der Waals surface area (Å²) >= 11 is 0. The van der Waals surface area contributed by atoms with Crippen molar-refractivity contribution in [3.05, 3.63) is 84.9 Å². The van der Waals surface area contributed by atoms with Crippen LogP contribution < -0.4 is 14.7 Å². The minimum atomic E-state index is -1.94. The van der Waals surface area contributed by atoms with Gasteiger partial charge in [0.1, 0.15) is 6.54 Å². The highest BCUT2D eigenvalue weighted by atomic mass is 16.3. The second-order valence-electron chi connectivity index (χ2n) is 8.02. The number of aliphatic hydroxyl groups excluding tert-OH is 1. The van der Waals surface area contributed by atoms with Gasteiger partial charge in [0.2, 0.25) is 12.0 Å². The number of hydrogen-bond acceptors (Lipinski definition) is 4. The fraction of sp³-hybridized carbons (Fsp3) is 0.192. The molecule has 1 N–H and O–H groups in total. The third kappa shape index (κ3) is 4.23. The van der Waals surface area contributed by atoms with Crippen LogP contribution in [0.25, 0.3) is 0 Å². The lowest BCUT2D eigenvalue weighted by molar-refractivity contribution is -0.137. The summed E-state index contributed by atoms with van der Waals surface area (Å²) in [6, 6.07) is 24.7. The molecule has 0 saturated heterocycles. The van der Waals surface area contributed by atoms with Crippen molar-refractivity contribution in [1.82, 2.24) is 0 Å². The Balaban J connectivity index is 1.77. The summed E-state index contributed by atoms with van der Waals surface area (Å²) in [6.45, 7) is 3.45. The molecular formula is C26H25N3O4. The molecule has 0 bridgehead atoms. The van der Waals surface area contributed by atoms with Crippen LogP contribution in [-0.2, 0) is 14.4 Å². The molecule has 3 aromatic rings. The van der Waals surface area contributed by atoms with E-state index in [1.807, 2.05) is 50.2 Å². The number of carbonyl (C=O) groups is 3. The largest absolute Gasteiger partial charge is 0.375 e. The van der Waals surface area contributed by atoms with E-state index in [0.717, 1.165) is 0 Å². The third-order valence-corrected chi connectivity index (χ3v) is 5.49. The monoisotopic (exact) mass is 443 g/mol. The Kier molecular flexibility index (Phi) is 6.24. The minimum absolute atomic E-state index is 0.162. The molecular weight excluding hydrogens is 418 g/mol. The predicted octanol–water partition coefficient (Wildman–Crippen LogP) is 3.50. The van der Waals surface area contributed by atoms with Gasteiger partial charge >= 0.3 is 0 Å². The van der Waals surface area contributed by atoms with Crippen molar-refractivity contribution in [2.45, 2.75) is 26.0 Å². The molecule has 1 heterocycles. The maximum Gasteiger partial charge on any atom is 0.270 e. The molecule has 4 rings (SSSR count). The first kappa shape index (κ1) is 22.2. The van der Waals surface area contributed by atoms with E-state index < -0.39 is 17.9 Å². The molecule has 1 unspecified atom stereocenters. The van der Waals surface area contributed by atoms with Crippen molar-refractivity contribution >= 4 is 40.5 Å². The lowest BCUT2D eigenvalue weighted by Gasteiger charge is -2.30. The quantitative estimate of drug-likeness (QED) is 0.612. The molecule has 0 fully saturated rings. The van der Waals surface area contributed by atoms with Crippen LogP contribution in [0.3, 0.4) is 0 Å². The van der Waals surface area contributed by atoms with Crippen molar-refractivity contribution in [3.63, 3.8) is 0 Å². The molecule has 1 atom stereocenters. The summed E-state index contributed by atoms with van der Waals surface area (Å²) in [5.74, 6) is -1.93. The van der Waals surface area contributed by atoms with Gasteiger partial charge in [-0.05, 0) is 50.2 Å². The number of rotatable bonds is 5. The van der Waals surface area contributed by atoms with Crippen LogP contribution in [0.4, 0.5) is 22.7 Å². The summed E-state index contributed by atoms with van der Waals surface area (Å²) in [7, 11) is 0. The number of aliphatic hydroxyl groups is 1. The van der Waals surface area contributed by atoms with Gasteiger partial charge in [0.25, 0.3) is 11.8 Å². The topological polar surface area (TPSA) is 81.2 Å². The summed E-state index contributed by atoms with van der Waals surface area (Å²) in [5.41, 5.74) is 2.02. The van der Waals surface area contributed by atoms with Gasteiger partial charge in [-0.3, -0.25) is 24.2 Å². The number of hydrogen-bond donors (Lipinski definition) is 1. The molecule has 3 aromatic carbocycles. The van der Waals surface area contributed by atoms with Crippen LogP contribution in [0.1, 0.15) is 13.8 Å². The van der Waals surface area contributed by atoms with E-state index >= 15 is 0 Å². The Labute approximate surface area is 192 Å². The maximum atomic E-state index is 13.4. The highest BCUT2D eigenvalue weighted by molar-refractivity contribution is 6.23. The number of para-hydroxylation sites is 4. The Hall–Kier alpha value is -3.97. The predicted molar refractivity (Wildman–Crippen MR) is 127 cm³/mol. The molecule has 3 amide bonds. The van der Waals surface area contributed by atoms with Gasteiger partial charge in [-0.25, -0.2) is 0 Å². The Bertz CT molecular complexity index is 1160. The van der Waals surface area contributed by atoms with Crippen LogP contribution in [-0.4, -0.2) is 41.5 Å². The second kappa shape index (κ2) is 9.26. The zero-order valence-electron chi connectivity index (χ0n) is 18.5. The average Bonchev–Trinajstić information content (AvgIpc) is 2.90. The van der Waals surface area contributed by atoms with Crippen LogP contribution >= 0.6 is 0 Å².